The Kier molecular flexibility index (Phi) is 5.87. The first kappa shape index (κ1) is 17.4. The molecule has 0 aromatic heterocycles. The molecule has 0 atom stereocenters. The molecular weight excluding hydrogens is 304 g/mol. The highest BCUT2D eigenvalue weighted by atomic mass is 16.3. The molecule has 5 nitrogen and oxygen atoms in total. The maximum absolute atomic E-state index is 12.3. The quantitative estimate of drug-likeness (QED) is 0.715. The summed E-state index contributed by atoms with van der Waals surface area (Å²) in [7, 11) is 0. The van der Waals surface area contributed by atoms with Crippen molar-refractivity contribution in [2.75, 3.05) is 5.32 Å². The molecule has 0 aliphatic rings. The molecule has 0 heterocycles. The third kappa shape index (κ3) is 4.54. The fraction of sp³-hybridized carbons (Fsp3) is 0.158. The summed E-state index contributed by atoms with van der Waals surface area (Å²) in [4.78, 5) is 23.5. The molecule has 2 aromatic rings. The minimum Gasteiger partial charge on any atom is -0.392 e. The normalized spacial score (nSPS) is 10.1. The molecule has 0 spiro atoms. The topological polar surface area (TPSA) is 78.4 Å². The Balaban J connectivity index is 2.05. The van der Waals surface area contributed by atoms with Gasteiger partial charge in [-0.3, -0.25) is 9.59 Å². The standard InChI is InChI=1S/C19H20N2O3/c1-3-18(23)20-11-14-6-8-16(9-7-14)19(24)21-17-10-15(12-22)5-4-13(17)2/h3-10,22H,1,11-12H2,2H3,(H,20,23)(H,21,24). The Hall–Kier alpha value is -2.92. The van der Waals surface area contributed by atoms with Crippen molar-refractivity contribution in [2.24, 2.45) is 0 Å². The van der Waals surface area contributed by atoms with Gasteiger partial charge in [-0.1, -0.05) is 30.8 Å². The molecule has 0 aliphatic heterocycles. The minimum atomic E-state index is -0.240. The number of anilines is 1. The van der Waals surface area contributed by atoms with Crippen LogP contribution in [0.5, 0.6) is 0 Å². The third-order valence-corrected chi connectivity index (χ3v) is 3.60. The van der Waals surface area contributed by atoms with Gasteiger partial charge in [0, 0.05) is 17.8 Å². The van der Waals surface area contributed by atoms with Crippen LogP contribution in [0.25, 0.3) is 0 Å². The van der Waals surface area contributed by atoms with Crippen LogP contribution in [0.15, 0.2) is 55.1 Å². The zero-order valence-electron chi connectivity index (χ0n) is 13.5. The van der Waals surface area contributed by atoms with E-state index in [2.05, 4.69) is 17.2 Å². The van der Waals surface area contributed by atoms with Gasteiger partial charge in [-0.15, -0.1) is 0 Å². The van der Waals surface area contributed by atoms with Gasteiger partial charge in [-0.2, -0.15) is 0 Å². The molecule has 5 heteroatoms. The third-order valence-electron chi connectivity index (χ3n) is 3.60. The van der Waals surface area contributed by atoms with Crippen LogP contribution in [0.1, 0.15) is 27.0 Å². The Labute approximate surface area is 141 Å². The number of carbonyl (C=O) groups is 2. The molecule has 0 unspecified atom stereocenters. The van der Waals surface area contributed by atoms with Crippen LogP contribution in [-0.2, 0) is 17.9 Å². The molecule has 0 radical (unpaired) electrons. The summed E-state index contributed by atoms with van der Waals surface area (Å²) in [6.45, 7) is 5.58. The van der Waals surface area contributed by atoms with Crippen LogP contribution in [0.2, 0.25) is 0 Å². The van der Waals surface area contributed by atoms with E-state index in [-0.39, 0.29) is 18.4 Å². The summed E-state index contributed by atoms with van der Waals surface area (Å²) >= 11 is 0. The first-order chi connectivity index (χ1) is 11.5. The maximum atomic E-state index is 12.3. The number of hydrogen-bond donors (Lipinski definition) is 3. The molecular formula is C19H20N2O3. The largest absolute Gasteiger partial charge is 0.392 e. The lowest BCUT2D eigenvalue weighted by molar-refractivity contribution is -0.116. The van der Waals surface area contributed by atoms with Crippen molar-refractivity contribution >= 4 is 17.5 Å². The van der Waals surface area contributed by atoms with Gasteiger partial charge >= 0.3 is 0 Å². The first-order valence-electron chi connectivity index (χ1n) is 7.54. The summed E-state index contributed by atoms with van der Waals surface area (Å²) in [5, 5.41) is 14.7. The number of nitrogens with one attached hydrogen (secondary N) is 2. The van der Waals surface area contributed by atoms with E-state index in [4.69, 9.17) is 0 Å². The lowest BCUT2D eigenvalue weighted by atomic mass is 10.1. The van der Waals surface area contributed by atoms with Crippen molar-refractivity contribution in [3.8, 4) is 0 Å². The van der Waals surface area contributed by atoms with E-state index >= 15 is 0 Å². The zero-order valence-corrected chi connectivity index (χ0v) is 13.5. The molecule has 0 aliphatic carbocycles. The summed E-state index contributed by atoms with van der Waals surface area (Å²) in [6, 6.07) is 12.4. The van der Waals surface area contributed by atoms with Crippen molar-refractivity contribution in [2.45, 2.75) is 20.1 Å². The minimum absolute atomic E-state index is 0.0751. The van der Waals surface area contributed by atoms with Crippen LogP contribution in [0.3, 0.4) is 0 Å². The molecule has 2 aromatic carbocycles. The van der Waals surface area contributed by atoms with Crippen molar-refractivity contribution < 1.29 is 14.7 Å². The van der Waals surface area contributed by atoms with Crippen LogP contribution in [0, 0.1) is 6.92 Å². The lowest BCUT2D eigenvalue weighted by Crippen LogP contribution is -2.20. The predicted octanol–water partition coefficient (Wildman–Crippen LogP) is 2.54. The molecule has 2 rings (SSSR count). The van der Waals surface area contributed by atoms with E-state index in [1.807, 2.05) is 19.1 Å². The van der Waals surface area contributed by atoms with E-state index in [0.29, 0.717) is 17.8 Å². The number of aryl methyl sites for hydroxylation is 1. The van der Waals surface area contributed by atoms with Gasteiger partial charge in [-0.25, -0.2) is 0 Å². The van der Waals surface area contributed by atoms with Crippen molar-refractivity contribution in [3.63, 3.8) is 0 Å². The Morgan fingerprint density at radius 2 is 1.79 bits per heavy atom. The predicted molar refractivity (Wildman–Crippen MR) is 93.5 cm³/mol. The number of aliphatic hydroxyl groups is 1. The van der Waals surface area contributed by atoms with Crippen LogP contribution in [-0.4, -0.2) is 16.9 Å². The maximum Gasteiger partial charge on any atom is 0.255 e. The van der Waals surface area contributed by atoms with Crippen LogP contribution in [0.4, 0.5) is 5.69 Å². The van der Waals surface area contributed by atoms with E-state index in [0.717, 1.165) is 16.7 Å². The van der Waals surface area contributed by atoms with Gasteiger partial charge in [-0.05, 0) is 47.9 Å². The molecule has 0 saturated carbocycles. The SMILES string of the molecule is C=CC(=O)NCc1ccc(C(=O)Nc2cc(CO)ccc2C)cc1. The highest BCUT2D eigenvalue weighted by molar-refractivity contribution is 6.04. The van der Waals surface area contributed by atoms with Crippen LogP contribution >= 0.6 is 0 Å². The first-order valence-corrected chi connectivity index (χ1v) is 7.54. The number of amides is 2. The highest BCUT2D eigenvalue weighted by Crippen LogP contribution is 2.18. The second kappa shape index (κ2) is 8.08. The molecule has 2 amide bonds. The van der Waals surface area contributed by atoms with Gasteiger partial charge in [0.25, 0.3) is 5.91 Å². The van der Waals surface area contributed by atoms with E-state index < -0.39 is 0 Å². The highest BCUT2D eigenvalue weighted by Gasteiger charge is 2.08. The van der Waals surface area contributed by atoms with Crippen molar-refractivity contribution in [3.05, 3.63) is 77.4 Å². The smallest absolute Gasteiger partial charge is 0.255 e. The van der Waals surface area contributed by atoms with E-state index in [9.17, 15) is 14.7 Å². The number of carbonyl (C=O) groups excluding carboxylic acids is 2. The Morgan fingerprint density at radius 3 is 2.42 bits per heavy atom. The molecule has 0 saturated heterocycles. The number of benzene rings is 2. The van der Waals surface area contributed by atoms with Gasteiger partial charge in [0.2, 0.25) is 5.91 Å². The molecule has 3 N–H and O–H groups in total. The van der Waals surface area contributed by atoms with E-state index in [1.54, 1.807) is 30.3 Å². The second-order valence-corrected chi connectivity index (χ2v) is 5.38. The summed E-state index contributed by atoms with van der Waals surface area (Å²) < 4.78 is 0. The average Bonchev–Trinajstić information content (AvgIpc) is 2.61. The van der Waals surface area contributed by atoms with Crippen molar-refractivity contribution in [1.29, 1.82) is 0 Å². The summed E-state index contributed by atoms with van der Waals surface area (Å²) in [5.41, 5.74) is 3.74. The molecule has 124 valence electrons. The van der Waals surface area contributed by atoms with Crippen molar-refractivity contribution in [1.82, 2.24) is 5.32 Å². The van der Waals surface area contributed by atoms with Gasteiger partial charge in [0.15, 0.2) is 0 Å². The zero-order chi connectivity index (χ0) is 17.5. The number of hydrogen-bond acceptors (Lipinski definition) is 3. The average molecular weight is 324 g/mol. The monoisotopic (exact) mass is 324 g/mol. The van der Waals surface area contributed by atoms with E-state index in [1.165, 1.54) is 6.08 Å². The number of aliphatic hydroxyl groups excluding tert-OH is 1. The Bertz CT molecular complexity index is 752. The Morgan fingerprint density at radius 1 is 1.12 bits per heavy atom. The molecule has 0 bridgehead atoms. The van der Waals surface area contributed by atoms with Gasteiger partial charge in [0.05, 0.1) is 6.61 Å². The van der Waals surface area contributed by atoms with Gasteiger partial charge in [0.1, 0.15) is 0 Å². The molecule has 24 heavy (non-hydrogen) atoms. The van der Waals surface area contributed by atoms with Gasteiger partial charge < -0.3 is 15.7 Å². The molecule has 0 fully saturated rings. The fourth-order valence-corrected chi connectivity index (χ4v) is 2.13. The lowest BCUT2D eigenvalue weighted by Gasteiger charge is -2.10. The summed E-state index contributed by atoms with van der Waals surface area (Å²) in [5.74, 6) is -0.467. The summed E-state index contributed by atoms with van der Waals surface area (Å²) in [6.07, 6.45) is 1.21. The second-order valence-electron chi connectivity index (χ2n) is 5.38. The number of rotatable bonds is 6. The van der Waals surface area contributed by atoms with Crippen LogP contribution < -0.4 is 10.6 Å². The fourth-order valence-electron chi connectivity index (χ4n) is 2.13.